The molecule has 0 radical (unpaired) electrons. The van der Waals surface area contributed by atoms with E-state index in [0.29, 0.717) is 39.4 Å². The number of hydrogen-bond acceptors (Lipinski definition) is 5. The number of nitrogens with one attached hydrogen (secondary N) is 1. The Kier molecular flexibility index (Phi) is 6.82. The summed E-state index contributed by atoms with van der Waals surface area (Å²) in [5.74, 6) is 0.194. The zero-order chi connectivity index (χ0) is 19.2. The lowest BCUT2D eigenvalue weighted by molar-refractivity contribution is -0.137. The molecule has 1 aromatic rings. The fourth-order valence-corrected chi connectivity index (χ4v) is 3.56. The van der Waals surface area contributed by atoms with E-state index in [1.54, 1.807) is 0 Å². The SMILES string of the molecule is Cc1ccc(NC(=O)CN2CCN(CC(=O)N3CCOCC3)CC2)c(C)c1. The van der Waals surface area contributed by atoms with Gasteiger partial charge in [-0.3, -0.25) is 19.4 Å². The van der Waals surface area contributed by atoms with Gasteiger partial charge in [0.25, 0.3) is 0 Å². The molecule has 7 nitrogen and oxygen atoms in total. The molecule has 1 aromatic carbocycles. The number of amides is 2. The normalized spacial score (nSPS) is 19.1. The first kappa shape index (κ1) is 19.8. The predicted octanol–water partition coefficient (Wildman–Crippen LogP) is 0.718. The first-order chi connectivity index (χ1) is 13.0. The molecule has 2 aliphatic rings. The Labute approximate surface area is 161 Å². The van der Waals surface area contributed by atoms with Gasteiger partial charge in [-0.05, 0) is 25.5 Å². The van der Waals surface area contributed by atoms with Crippen molar-refractivity contribution in [2.45, 2.75) is 13.8 Å². The lowest BCUT2D eigenvalue weighted by atomic mass is 10.1. The van der Waals surface area contributed by atoms with E-state index in [-0.39, 0.29) is 11.8 Å². The van der Waals surface area contributed by atoms with Crippen LogP contribution in [-0.4, -0.2) is 92.1 Å². The minimum Gasteiger partial charge on any atom is -0.378 e. The molecule has 3 rings (SSSR count). The molecule has 27 heavy (non-hydrogen) atoms. The third-order valence-electron chi connectivity index (χ3n) is 5.21. The molecule has 0 unspecified atom stereocenters. The van der Waals surface area contributed by atoms with E-state index in [2.05, 4.69) is 21.2 Å². The lowest BCUT2D eigenvalue weighted by Gasteiger charge is -2.35. The van der Waals surface area contributed by atoms with Crippen LogP contribution < -0.4 is 5.32 Å². The van der Waals surface area contributed by atoms with Crippen LogP contribution in [0.5, 0.6) is 0 Å². The standard InChI is InChI=1S/C20H30N4O3/c1-16-3-4-18(17(2)13-16)21-19(25)14-22-5-7-23(8-6-22)15-20(26)24-9-11-27-12-10-24/h3-4,13H,5-12,14-15H2,1-2H3,(H,21,25). The molecule has 2 amide bonds. The molecular formula is C20H30N4O3. The molecule has 2 heterocycles. The molecule has 0 spiro atoms. The Morgan fingerprint density at radius 3 is 2.22 bits per heavy atom. The van der Waals surface area contributed by atoms with Crippen molar-refractivity contribution in [2.24, 2.45) is 0 Å². The third-order valence-corrected chi connectivity index (χ3v) is 5.21. The molecular weight excluding hydrogens is 344 g/mol. The average molecular weight is 374 g/mol. The number of nitrogens with zero attached hydrogens (tertiary/aromatic N) is 3. The number of hydrogen-bond donors (Lipinski definition) is 1. The van der Waals surface area contributed by atoms with Gasteiger partial charge in [-0.15, -0.1) is 0 Å². The highest BCUT2D eigenvalue weighted by atomic mass is 16.5. The molecule has 0 atom stereocenters. The molecule has 0 bridgehead atoms. The number of morpholine rings is 1. The highest BCUT2D eigenvalue weighted by Crippen LogP contribution is 2.16. The molecule has 2 saturated heterocycles. The number of piperazine rings is 1. The molecule has 7 heteroatoms. The number of carbonyl (C=O) groups is 2. The van der Waals surface area contributed by atoms with Crippen LogP contribution in [0.4, 0.5) is 5.69 Å². The van der Waals surface area contributed by atoms with Crippen molar-refractivity contribution in [3.8, 4) is 0 Å². The summed E-state index contributed by atoms with van der Waals surface area (Å²) in [6.07, 6.45) is 0. The summed E-state index contributed by atoms with van der Waals surface area (Å²) < 4.78 is 5.29. The van der Waals surface area contributed by atoms with Crippen LogP contribution in [-0.2, 0) is 14.3 Å². The molecule has 2 aliphatic heterocycles. The summed E-state index contributed by atoms with van der Waals surface area (Å²) in [5.41, 5.74) is 3.14. The highest BCUT2D eigenvalue weighted by molar-refractivity contribution is 5.93. The van der Waals surface area contributed by atoms with Gasteiger partial charge < -0.3 is 15.0 Å². The van der Waals surface area contributed by atoms with Gasteiger partial charge in [0, 0.05) is 45.0 Å². The number of rotatable bonds is 5. The second-order valence-electron chi connectivity index (χ2n) is 7.41. The Hall–Kier alpha value is -1.96. The number of carbonyl (C=O) groups excluding carboxylic acids is 2. The first-order valence-electron chi connectivity index (χ1n) is 9.68. The fourth-order valence-electron chi connectivity index (χ4n) is 3.56. The summed E-state index contributed by atoms with van der Waals surface area (Å²) >= 11 is 0. The molecule has 0 saturated carbocycles. The van der Waals surface area contributed by atoms with E-state index in [1.165, 1.54) is 5.56 Å². The monoisotopic (exact) mass is 374 g/mol. The van der Waals surface area contributed by atoms with Gasteiger partial charge in [-0.25, -0.2) is 0 Å². The van der Waals surface area contributed by atoms with E-state index in [4.69, 9.17) is 4.74 Å². The van der Waals surface area contributed by atoms with Crippen LogP contribution in [0.25, 0.3) is 0 Å². The van der Waals surface area contributed by atoms with Crippen LogP contribution in [0.3, 0.4) is 0 Å². The van der Waals surface area contributed by atoms with E-state index >= 15 is 0 Å². The van der Waals surface area contributed by atoms with Gasteiger partial charge in [-0.1, -0.05) is 17.7 Å². The zero-order valence-corrected chi connectivity index (χ0v) is 16.4. The second kappa shape index (κ2) is 9.30. The summed E-state index contributed by atoms with van der Waals surface area (Å²) in [6, 6.07) is 6.03. The molecule has 0 aromatic heterocycles. The lowest BCUT2D eigenvalue weighted by Crippen LogP contribution is -2.52. The van der Waals surface area contributed by atoms with Crippen molar-refractivity contribution in [2.75, 3.05) is 70.9 Å². The second-order valence-corrected chi connectivity index (χ2v) is 7.41. The maximum absolute atomic E-state index is 12.3. The molecule has 1 N–H and O–H groups in total. The average Bonchev–Trinajstić information content (AvgIpc) is 2.66. The summed E-state index contributed by atoms with van der Waals surface area (Å²) in [6.45, 7) is 10.8. The largest absolute Gasteiger partial charge is 0.378 e. The molecule has 0 aliphatic carbocycles. The Morgan fingerprint density at radius 2 is 1.59 bits per heavy atom. The van der Waals surface area contributed by atoms with Gasteiger partial charge >= 0.3 is 0 Å². The number of anilines is 1. The van der Waals surface area contributed by atoms with Crippen molar-refractivity contribution in [1.82, 2.24) is 14.7 Å². The minimum atomic E-state index is 0.0137. The van der Waals surface area contributed by atoms with E-state index in [0.717, 1.165) is 37.4 Å². The summed E-state index contributed by atoms with van der Waals surface area (Å²) in [4.78, 5) is 30.9. The van der Waals surface area contributed by atoms with Crippen LogP contribution in [0.1, 0.15) is 11.1 Å². The number of ether oxygens (including phenoxy) is 1. The van der Waals surface area contributed by atoms with E-state index in [9.17, 15) is 9.59 Å². The predicted molar refractivity (Wildman–Crippen MR) is 105 cm³/mol. The van der Waals surface area contributed by atoms with Crippen molar-refractivity contribution in [1.29, 1.82) is 0 Å². The van der Waals surface area contributed by atoms with Gasteiger partial charge in [0.1, 0.15) is 0 Å². The summed E-state index contributed by atoms with van der Waals surface area (Å²) in [7, 11) is 0. The minimum absolute atomic E-state index is 0.0137. The maximum atomic E-state index is 12.3. The third kappa shape index (κ3) is 5.76. The fraction of sp³-hybridized carbons (Fsp3) is 0.600. The van der Waals surface area contributed by atoms with Crippen molar-refractivity contribution in [3.63, 3.8) is 0 Å². The number of aryl methyl sites for hydroxylation is 2. The Morgan fingerprint density at radius 1 is 0.963 bits per heavy atom. The topological polar surface area (TPSA) is 65.1 Å². The smallest absolute Gasteiger partial charge is 0.238 e. The molecule has 148 valence electrons. The van der Waals surface area contributed by atoms with Crippen LogP contribution in [0, 0.1) is 13.8 Å². The number of benzene rings is 1. The van der Waals surface area contributed by atoms with Gasteiger partial charge in [-0.2, -0.15) is 0 Å². The van der Waals surface area contributed by atoms with Crippen molar-refractivity contribution in [3.05, 3.63) is 29.3 Å². The van der Waals surface area contributed by atoms with Gasteiger partial charge in [0.15, 0.2) is 0 Å². The zero-order valence-electron chi connectivity index (χ0n) is 16.4. The van der Waals surface area contributed by atoms with Gasteiger partial charge in [0.2, 0.25) is 11.8 Å². The Balaban J connectivity index is 1.39. The highest BCUT2D eigenvalue weighted by Gasteiger charge is 2.23. The van der Waals surface area contributed by atoms with Crippen LogP contribution in [0.15, 0.2) is 18.2 Å². The summed E-state index contributed by atoms with van der Waals surface area (Å²) in [5, 5.41) is 3.00. The maximum Gasteiger partial charge on any atom is 0.238 e. The van der Waals surface area contributed by atoms with E-state index < -0.39 is 0 Å². The molecule has 2 fully saturated rings. The van der Waals surface area contributed by atoms with Gasteiger partial charge in [0.05, 0.1) is 26.3 Å². The van der Waals surface area contributed by atoms with Crippen molar-refractivity contribution >= 4 is 17.5 Å². The first-order valence-corrected chi connectivity index (χ1v) is 9.68. The van der Waals surface area contributed by atoms with Crippen LogP contribution >= 0.6 is 0 Å². The Bertz CT molecular complexity index is 665. The quantitative estimate of drug-likeness (QED) is 0.823. The van der Waals surface area contributed by atoms with E-state index in [1.807, 2.05) is 30.9 Å². The van der Waals surface area contributed by atoms with Crippen molar-refractivity contribution < 1.29 is 14.3 Å². The van der Waals surface area contributed by atoms with Crippen LogP contribution in [0.2, 0.25) is 0 Å².